The zero-order valence-electron chi connectivity index (χ0n) is 15.3. The van der Waals surface area contributed by atoms with E-state index in [1.807, 2.05) is 29.1 Å². The van der Waals surface area contributed by atoms with Crippen molar-refractivity contribution in [3.63, 3.8) is 0 Å². The Kier molecular flexibility index (Phi) is 5.87. The molecule has 5 heteroatoms. The van der Waals surface area contributed by atoms with E-state index in [0.29, 0.717) is 13.0 Å². The van der Waals surface area contributed by atoms with Crippen molar-refractivity contribution in [2.45, 2.75) is 52.4 Å². The van der Waals surface area contributed by atoms with Gasteiger partial charge >= 0.3 is 0 Å². The molecule has 0 aliphatic carbocycles. The first-order valence-electron chi connectivity index (χ1n) is 9.26. The minimum Gasteiger partial charge on any atom is -0.334 e. The van der Waals surface area contributed by atoms with E-state index in [1.54, 1.807) is 0 Å². The highest BCUT2D eigenvalue weighted by molar-refractivity contribution is 5.77. The van der Waals surface area contributed by atoms with Crippen LogP contribution in [0, 0.1) is 0 Å². The molecule has 1 aliphatic rings. The third-order valence-electron chi connectivity index (χ3n) is 4.96. The molecule has 2 aromatic rings. The van der Waals surface area contributed by atoms with Gasteiger partial charge < -0.3 is 4.90 Å². The van der Waals surface area contributed by atoms with Gasteiger partial charge in [-0.1, -0.05) is 37.3 Å². The second kappa shape index (κ2) is 8.30. The average Bonchev–Trinajstić information content (AvgIpc) is 3.04. The molecule has 1 atom stereocenters. The summed E-state index contributed by atoms with van der Waals surface area (Å²) < 4.78 is 1.96. The highest BCUT2D eigenvalue weighted by Gasteiger charge is 2.28. The molecule has 134 valence electrons. The molecule has 1 saturated heterocycles. The smallest absolute Gasteiger partial charge is 0.224 e. The number of hydrogen-bond acceptors (Lipinski definition) is 3. The van der Waals surface area contributed by atoms with Gasteiger partial charge in [0.05, 0.1) is 6.20 Å². The highest BCUT2D eigenvalue weighted by Crippen LogP contribution is 2.19. The molecular formula is C20H28N4O. The summed E-state index contributed by atoms with van der Waals surface area (Å²) in [5.74, 6) is 0.266. The standard InChI is InChI=1S/C20H28N4O/c1-3-19-16-22(13-18-12-21-23(4-2)14-18)11-10-20(25)24(19)15-17-8-6-5-7-9-17/h5-9,12,14,19H,3-4,10-11,13,15-16H2,1-2H3/t19-/m0/s1. The van der Waals surface area contributed by atoms with Crippen LogP contribution in [0.3, 0.4) is 0 Å². The summed E-state index contributed by atoms with van der Waals surface area (Å²) in [5, 5.41) is 4.36. The Hall–Kier alpha value is -2.14. The van der Waals surface area contributed by atoms with Crippen molar-refractivity contribution < 1.29 is 4.79 Å². The zero-order chi connectivity index (χ0) is 17.6. The lowest BCUT2D eigenvalue weighted by molar-refractivity contribution is -0.133. The fraction of sp³-hybridized carbons (Fsp3) is 0.500. The number of nitrogens with zero attached hydrogens (tertiary/aromatic N) is 4. The van der Waals surface area contributed by atoms with Crippen LogP contribution in [0.25, 0.3) is 0 Å². The van der Waals surface area contributed by atoms with Crippen molar-refractivity contribution in [3.05, 3.63) is 53.9 Å². The molecule has 1 aromatic carbocycles. The van der Waals surface area contributed by atoms with E-state index in [0.717, 1.165) is 32.6 Å². The van der Waals surface area contributed by atoms with E-state index in [1.165, 1.54) is 11.1 Å². The lowest BCUT2D eigenvalue weighted by Gasteiger charge is -2.31. The van der Waals surface area contributed by atoms with Crippen molar-refractivity contribution in [3.8, 4) is 0 Å². The van der Waals surface area contributed by atoms with Gasteiger partial charge in [-0.2, -0.15) is 5.10 Å². The van der Waals surface area contributed by atoms with E-state index >= 15 is 0 Å². The summed E-state index contributed by atoms with van der Waals surface area (Å²) in [4.78, 5) is 17.2. The predicted molar refractivity (Wildman–Crippen MR) is 98.9 cm³/mol. The van der Waals surface area contributed by atoms with Gasteiger partial charge in [0.1, 0.15) is 0 Å². The maximum atomic E-state index is 12.7. The van der Waals surface area contributed by atoms with Crippen LogP contribution in [0.4, 0.5) is 0 Å². The number of hydrogen-bond donors (Lipinski definition) is 0. The summed E-state index contributed by atoms with van der Waals surface area (Å²) in [6.45, 7) is 8.47. The average molecular weight is 340 g/mol. The molecule has 1 aromatic heterocycles. The van der Waals surface area contributed by atoms with Crippen LogP contribution < -0.4 is 0 Å². The molecule has 0 bridgehead atoms. The molecule has 1 amide bonds. The predicted octanol–water partition coefficient (Wildman–Crippen LogP) is 2.92. The SMILES string of the molecule is CC[C@H]1CN(Cc2cnn(CC)c2)CCC(=O)N1Cc1ccccc1. The Balaban J connectivity index is 1.69. The van der Waals surface area contributed by atoms with Gasteiger partial charge in [0, 0.05) is 56.9 Å². The van der Waals surface area contributed by atoms with Crippen molar-refractivity contribution in [2.24, 2.45) is 0 Å². The molecule has 0 N–H and O–H groups in total. The molecule has 0 unspecified atom stereocenters. The summed E-state index contributed by atoms with van der Waals surface area (Å²) in [6, 6.07) is 10.6. The third kappa shape index (κ3) is 4.48. The van der Waals surface area contributed by atoms with Gasteiger partial charge in [-0.25, -0.2) is 0 Å². The maximum Gasteiger partial charge on any atom is 0.224 e. The van der Waals surface area contributed by atoms with Gasteiger partial charge in [-0.3, -0.25) is 14.4 Å². The summed E-state index contributed by atoms with van der Waals surface area (Å²) >= 11 is 0. The van der Waals surface area contributed by atoms with Gasteiger partial charge in [-0.15, -0.1) is 0 Å². The number of aromatic nitrogens is 2. The third-order valence-corrected chi connectivity index (χ3v) is 4.96. The molecular weight excluding hydrogens is 312 g/mol. The molecule has 3 rings (SSSR count). The van der Waals surface area contributed by atoms with E-state index in [-0.39, 0.29) is 11.9 Å². The van der Waals surface area contributed by atoms with Crippen molar-refractivity contribution in [2.75, 3.05) is 13.1 Å². The molecule has 0 saturated carbocycles. The second-order valence-corrected chi connectivity index (χ2v) is 6.76. The van der Waals surface area contributed by atoms with Crippen LogP contribution in [-0.4, -0.2) is 44.6 Å². The fourth-order valence-corrected chi connectivity index (χ4v) is 3.50. The van der Waals surface area contributed by atoms with Crippen molar-refractivity contribution in [1.29, 1.82) is 0 Å². The second-order valence-electron chi connectivity index (χ2n) is 6.76. The van der Waals surface area contributed by atoms with Crippen LogP contribution in [0.15, 0.2) is 42.7 Å². The Morgan fingerprint density at radius 1 is 1.12 bits per heavy atom. The van der Waals surface area contributed by atoms with Gasteiger partial charge in [-0.05, 0) is 18.9 Å². The number of carbonyl (C=O) groups excluding carboxylic acids is 1. The van der Waals surface area contributed by atoms with Crippen LogP contribution >= 0.6 is 0 Å². The lowest BCUT2D eigenvalue weighted by atomic mass is 10.1. The van der Waals surface area contributed by atoms with E-state index in [9.17, 15) is 4.79 Å². The Labute approximate surface area is 150 Å². The normalized spacial score (nSPS) is 19.2. The number of aryl methyl sites for hydroxylation is 1. The topological polar surface area (TPSA) is 41.4 Å². The lowest BCUT2D eigenvalue weighted by Crippen LogP contribution is -2.42. The number of benzene rings is 1. The van der Waals surface area contributed by atoms with Crippen molar-refractivity contribution in [1.82, 2.24) is 19.6 Å². The molecule has 2 heterocycles. The summed E-state index contributed by atoms with van der Waals surface area (Å²) in [7, 11) is 0. The van der Waals surface area contributed by atoms with Crippen LogP contribution in [0.2, 0.25) is 0 Å². The number of rotatable bonds is 6. The minimum atomic E-state index is 0.261. The molecule has 0 radical (unpaired) electrons. The molecule has 5 nitrogen and oxygen atoms in total. The summed E-state index contributed by atoms with van der Waals surface area (Å²) in [6.07, 6.45) is 5.61. The number of amides is 1. The van der Waals surface area contributed by atoms with Gasteiger partial charge in [0.15, 0.2) is 0 Å². The maximum absolute atomic E-state index is 12.7. The van der Waals surface area contributed by atoms with Crippen LogP contribution in [-0.2, 0) is 24.4 Å². The Morgan fingerprint density at radius 2 is 1.92 bits per heavy atom. The molecule has 25 heavy (non-hydrogen) atoms. The largest absolute Gasteiger partial charge is 0.334 e. The van der Waals surface area contributed by atoms with Crippen LogP contribution in [0.1, 0.15) is 37.8 Å². The first-order chi connectivity index (χ1) is 12.2. The zero-order valence-corrected chi connectivity index (χ0v) is 15.3. The van der Waals surface area contributed by atoms with Crippen molar-refractivity contribution >= 4 is 5.91 Å². The van der Waals surface area contributed by atoms with E-state index in [4.69, 9.17) is 0 Å². The summed E-state index contributed by atoms with van der Waals surface area (Å²) in [5.41, 5.74) is 2.42. The molecule has 1 aliphatic heterocycles. The van der Waals surface area contributed by atoms with E-state index < -0.39 is 0 Å². The quantitative estimate of drug-likeness (QED) is 0.812. The van der Waals surface area contributed by atoms with Gasteiger partial charge in [0.25, 0.3) is 0 Å². The van der Waals surface area contributed by atoms with Gasteiger partial charge in [0.2, 0.25) is 5.91 Å². The Morgan fingerprint density at radius 3 is 2.60 bits per heavy atom. The fourth-order valence-electron chi connectivity index (χ4n) is 3.50. The first kappa shape index (κ1) is 17.7. The first-order valence-corrected chi connectivity index (χ1v) is 9.26. The monoisotopic (exact) mass is 340 g/mol. The van der Waals surface area contributed by atoms with Crippen LogP contribution in [0.5, 0.6) is 0 Å². The minimum absolute atomic E-state index is 0.261. The number of carbonyl (C=O) groups is 1. The Bertz CT molecular complexity index is 682. The molecule has 1 fully saturated rings. The highest BCUT2D eigenvalue weighted by atomic mass is 16.2. The van der Waals surface area contributed by atoms with E-state index in [2.05, 4.69) is 47.1 Å². The molecule has 0 spiro atoms.